The lowest BCUT2D eigenvalue weighted by molar-refractivity contribution is -0.135. The molecule has 0 radical (unpaired) electrons. The van der Waals surface area contributed by atoms with Crippen molar-refractivity contribution in [3.63, 3.8) is 0 Å². The monoisotopic (exact) mass is 321 g/mol. The second-order valence-electron chi connectivity index (χ2n) is 5.92. The number of aryl methyl sites for hydroxylation is 2. The zero-order valence-electron chi connectivity index (χ0n) is 15.2. The van der Waals surface area contributed by atoms with Crippen LogP contribution in [0.5, 0.6) is 5.75 Å². The van der Waals surface area contributed by atoms with Crippen LogP contribution in [0.3, 0.4) is 0 Å². The molecule has 4 nitrogen and oxygen atoms in total. The van der Waals surface area contributed by atoms with E-state index in [0.717, 1.165) is 24.2 Å². The minimum Gasteiger partial charge on any atom is -0.493 e. The zero-order valence-corrected chi connectivity index (χ0v) is 15.2. The molecule has 0 unspecified atom stereocenters. The Kier molecular flexibility index (Phi) is 8.70. The molecule has 130 valence electrons. The van der Waals surface area contributed by atoms with Crippen molar-refractivity contribution in [2.75, 3.05) is 26.9 Å². The second-order valence-corrected chi connectivity index (χ2v) is 5.92. The Morgan fingerprint density at radius 2 is 1.87 bits per heavy atom. The van der Waals surface area contributed by atoms with Crippen molar-refractivity contribution >= 4 is 5.91 Å². The summed E-state index contributed by atoms with van der Waals surface area (Å²) in [7, 11) is 1.67. The first-order chi connectivity index (χ1) is 11.0. The van der Waals surface area contributed by atoms with Gasteiger partial charge in [0.15, 0.2) is 0 Å². The van der Waals surface area contributed by atoms with Crippen LogP contribution in [-0.2, 0) is 9.53 Å². The van der Waals surface area contributed by atoms with Crippen LogP contribution in [-0.4, -0.2) is 43.7 Å². The van der Waals surface area contributed by atoms with Crippen LogP contribution in [0.4, 0.5) is 0 Å². The van der Waals surface area contributed by atoms with Crippen LogP contribution < -0.4 is 4.74 Å². The van der Waals surface area contributed by atoms with Crippen LogP contribution in [0.15, 0.2) is 18.2 Å². The fourth-order valence-electron chi connectivity index (χ4n) is 2.78. The van der Waals surface area contributed by atoms with Crippen molar-refractivity contribution in [2.45, 2.75) is 53.0 Å². The Hall–Kier alpha value is -1.55. The van der Waals surface area contributed by atoms with E-state index in [2.05, 4.69) is 26.8 Å². The molecule has 0 saturated heterocycles. The standard InChI is InChI=1S/C19H31NO3/c1-6-17(7-2)20(11-13-22-5)19(21)10-12-23-18-9-8-15(3)14-16(18)4/h8-9,14,17H,6-7,10-13H2,1-5H3. The van der Waals surface area contributed by atoms with Crippen molar-refractivity contribution in [1.82, 2.24) is 4.90 Å². The topological polar surface area (TPSA) is 38.8 Å². The van der Waals surface area contributed by atoms with Gasteiger partial charge in [-0.3, -0.25) is 4.79 Å². The van der Waals surface area contributed by atoms with Gasteiger partial charge in [-0.1, -0.05) is 31.5 Å². The van der Waals surface area contributed by atoms with Gasteiger partial charge in [-0.15, -0.1) is 0 Å². The smallest absolute Gasteiger partial charge is 0.226 e. The van der Waals surface area contributed by atoms with E-state index in [0.29, 0.717) is 26.2 Å². The number of ether oxygens (including phenoxy) is 2. The number of methoxy groups -OCH3 is 1. The van der Waals surface area contributed by atoms with E-state index in [1.165, 1.54) is 5.56 Å². The van der Waals surface area contributed by atoms with Crippen LogP contribution >= 0.6 is 0 Å². The van der Waals surface area contributed by atoms with Gasteiger partial charge in [0.05, 0.1) is 19.6 Å². The molecular formula is C19H31NO3. The highest BCUT2D eigenvalue weighted by molar-refractivity contribution is 5.76. The number of amides is 1. The van der Waals surface area contributed by atoms with Gasteiger partial charge in [-0.2, -0.15) is 0 Å². The van der Waals surface area contributed by atoms with Gasteiger partial charge in [-0.05, 0) is 38.3 Å². The summed E-state index contributed by atoms with van der Waals surface area (Å²) in [6, 6.07) is 6.36. The highest BCUT2D eigenvalue weighted by Crippen LogP contribution is 2.19. The zero-order chi connectivity index (χ0) is 17.2. The number of carbonyl (C=O) groups is 1. The molecule has 0 aromatic heterocycles. The fourth-order valence-corrected chi connectivity index (χ4v) is 2.78. The van der Waals surface area contributed by atoms with Crippen molar-refractivity contribution < 1.29 is 14.3 Å². The van der Waals surface area contributed by atoms with Gasteiger partial charge in [-0.25, -0.2) is 0 Å². The normalized spacial score (nSPS) is 10.9. The Bertz CT molecular complexity index is 484. The van der Waals surface area contributed by atoms with Crippen LogP contribution in [0.25, 0.3) is 0 Å². The predicted octanol–water partition coefficient (Wildman–Crippen LogP) is 3.74. The van der Waals surface area contributed by atoms with Gasteiger partial charge < -0.3 is 14.4 Å². The van der Waals surface area contributed by atoms with Crippen molar-refractivity contribution in [3.8, 4) is 5.75 Å². The molecule has 0 saturated carbocycles. The summed E-state index contributed by atoms with van der Waals surface area (Å²) in [4.78, 5) is 14.5. The molecule has 4 heteroatoms. The molecule has 0 fully saturated rings. The van der Waals surface area contributed by atoms with Gasteiger partial charge >= 0.3 is 0 Å². The van der Waals surface area contributed by atoms with Crippen molar-refractivity contribution in [1.29, 1.82) is 0 Å². The first-order valence-electron chi connectivity index (χ1n) is 8.51. The van der Waals surface area contributed by atoms with E-state index in [1.54, 1.807) is 7.11 Å². The summed E-state index contributed by atoms with van der Waals surface area (Å²) < 4.78 is 10.9. The van der Waals surface area contributed by atoms with E-state index in [9.17, 15) is 4.79 Å². The average Bonchev–Trinajstić information content (AvgIpc) is 2.53. The fraction of sp³-hybridized carbons (Fsp3) is 0.632. The molecule has 0 bridgehead atoms. The second kappa shape index (κ2) is 10.3. The lowest BCUT2D eigenvalue weighted by Gasteiger charge is -2.30. The highest BCUT2D eigenvalue weighted by atomic mass is 16.5. The van der Waals surface area contributed by atoms with Gasteiger partial charge in [0.1, 0.15) is 5.75 Å². The molecule has 1 aromatic rings. The van der Waals surface area contributed by atoms with Gasteiger partial charge in [0.25, 0.3) is 0 Å². The maximum absolute atomic E-state index is 12.5. The summed E-state index contributed by atoms with van der Waals surface area (Å²) in [5, 5.41) is 0. The largest absolute Gasteiger partial charge is 0.493 e. The molecular weight excluding hydrogens is 290 g/mol. The number of benzene rings is 1. The first kappa shape index (κ1) is 19.5. The number of nitrogens with zero attached hydrogens (tertiary/aromatic N) is 1. The molecule has 0 aliphatic heterocycles. The highest BCUT2D eigenvalue weighted by Gasteiger charge is 2.20. The molecule has 0 aliphatic rings. The molecule has 0 atom stereocenters. The summed E-state index contributed by atoms with van der Waals surface area (Å²) in [5.41, 5.74) is 2.32. The van der Waals surface area contributed by atoms with Crippen LogP contribution in [0.2, 0.25) is 0 Å². The summed E-state index contributed by atoms with van der Waals surface area (Å²) >= 11 is 0. The van der Waals surface area contributed by atoms with Gasteiger partial charge in [0, 0.05) is 19.7 Å². The maximum Gasteiger partial charge on any atom is 0.226 e. The third-order valence-corrected chi connectivity index (χ3v) is 4.14. The Balaban J connectivity index is 2.57. The molecule has 0 N–H and O–H groups in total. The van der Waals surface area contributed by atoms with E-state index in [-0.39, 0.29) is 11.9 Å². The van der Waals surface area contributed by atoms with E-state index in [1.807, 2.05) is 24.0 Å². The number of hydrogen-bond donors (Lipinski definition) is 0. The quantitative estimate of drug-likeness (QED) is 0.659. The number of hydrogen-bond acceptors (Lipinski definition) is 3. The minimum atomic E-state index is 0.139. The Morgan fingerprint density at radius 3 is 2.43 bits per heavy atom. The third kappa shape index (κ3) is 6.22. The summed E-state index contributed by atoms with van der Waals surface area (Å²) in [6.07, 6.45) is 2.32. The molecule has 23 heavy (non-hydrogen) atoms. The SMILES string of the molecule is CCC(CC)N(CCOC)C(=O)CCOc1ccc(C)cc1C. The third-order valence-electron chi connectivity index (χ3n) is 4.14. The molecule has 0 heterocycles. The van der Waals surface area contributed by atoms with E-state index in [4.69, 9.17) is 9.47 Å². The van der Waals surface area contributed by atoms with Crippen LogP contribution in [0, 0.1) is 13.8 Å². The van der Waals surface area contributed by atoms with Crippen molar-refractivity contribution in [3.05, 3.63) is 29.3 Å². The average molecular weight is 321 g/mol. The minimum absolute atomic E-state index is 0.139. The molecule has 0 aliphatic carbocycles. The summed E-state index contributed by atoms with van der Waals surface area (Å²) in [6.45, 7) is 9.95. The lowest BCUT2D eigenvalue weighted by Crippen LogP contribution is -2.42. The molecule has 0 spiro atoms. The Morgan fingerprint density at radius 1 is 1.17 bits per heavy atom. The lowest BCUT2D eigenvalue weighted by atomic mass is 10.1. The first-order valence-corrected chi connectivity index (χ1v) is 8.51. The van der Waals surface area contributed by atoms with E-state index < -0.39 is 0 Å². The number of carbonyl (C=O) groups excluding carboxylic acids is 1. The number of rotatable bonds is 10. The van der Waals surface area contributed by atoms with E-state index >= 15 is 0 Å². The molecule has 1 aromatic carbocycles. The predicted molar refractivity (Wildman–Crippen MR) is 94.0 cm³/mol. The maximum atomic E-state index is 12.5. The van der Waals surface area contributed by atoms with Crippen molar-refractivity contribution in [2.24, 2.45) is 0 Å². The molecule has 1 rings (SSSR count). The van der Waals surface area contributed by atoms with Crippen LogP contribution in [0.1, 0.15) is 44.2 Å². The summed E-state index contributed by atoms with van der Waals surface area (Å²) in [5.74, 6) is 0.995. The van der Waals surface area contributed by atoms with Gasteiger partial charge in [0.2, 0.25) is 5.91 Å². The Labute approximate surface area is 140 Å². The molecule has 1 amide bonds.